The summed E-state index contributed by atoms with van der Waals surface area (Å²) >= 11 is 1.52. The Kier molecular flexibility index (Phi) is 6.63. The maximum atomic E-state index is 12.5. The number of anilines is 1. The van der Waals surface area contributed by atoms with E-state index in [1.165, 1.54) is 16.2 Å². The molecule has 0 bridgehead atoms. The van der Waals surface area contributed by atoms with Crippen molar-refractivity contribution in [3.8, 4) is 0 Å². The zero-order chi connectivity index (χ0) is 19.2. The van der Waals surface area contributed by atoms with Crippen LogP contribution in [0.1, 0.15) is 46.6 Å². The lowest BCUT2D eigenvalue weighted by Crippen LogP contribution is -2.28. The summed E-state index contributed by atoms with van der Waals surface area (Å²) in [4.78, 5) is 26.1. The molecule has 6 heteroatoms. The topological polar surface area (TPSA) is 67.4 Å². The van der Waals surface area contributed by atoms with E-state index in [-0.39, 0.29) is 18.4 Å². The molecule has 1 heterocycles. The van der Waals surface area contributed by atoms with E-state index in [2.05, 4.69) is 17.6 Å². The summed E-state index contributed by atoms with van der Waals surface area (Å²) < 4.78 is 5.24. The first-order chi connectivity index (χ1) is 13.1. The molecule has 0 saturated heterocycles. The number of nitrogens with one attached hydrogen (secondary N) is 2. The number of fused-ring (bicyclic) bond motifs is 1. The number of amides is 1. The predicted molar refractivity (Wildman–Crippen MR) is 108 cm³/mol. The lowest BCUT2D eigenvalue weighted by Gasteiger charge is -2.18. The molecule has 1 amide bonds. The summed E-state index contributed by atoms with van der Waals surface area (Å²) in [6, 6.07) is 9.93. The highest BCUT2D eigenvalue weighted by molar-refractivity contribution is 7.17. The van der Waals surface area contributed by atoms with Gasteiger partial charge in [-0.1, -0.05) is 37.3 Å². The molecule has 2 aromatic rings. The van der Waals surface area contributed by atoms with Crippen LogP contribution in [0.2, 0.25) is 0 Å². The smallest absolute Gasteiger partial charge is 0.341 e. The molecule has 0 fully saturated rings. The zero-order valence-electron chi connectivity index (χ0n) is 15.8. The number of ether oxygens (including phenoxy) is 1. The largest absolute Gasteiger partial charge is 0.462 e. The monoisotopic (exact) mass is 386 g/mol. The third kappa shape index (κ3) is 4.96. The minimum absolute atomic E-state index is 0.150. The van der Waals surface area contributed by atoms with Gasteiger partial charge >= 0.3 is 5.97 Å². The Morgan fingerprint density at radius 3 is 2.78 bits per heavy atom. The molecule has 0 radical (unpaired) electrons. The summed E-state index contributed by atoms with van der Waals surface area (Å²) in [5.41, 5.74) is 2.74. The van der Waals surface area contributed by atoms with Crippen LogP contribution in [0.15, 0.2) is 30.3 Å². The second-order valence-corrected chi connectivity index (χ2v) is 8.02. The van der Waals surface area contributed by atoms with Gasteiger partial charge in [-0.05, 0) is 43.2 Å². The van der Waals surface area contributed by atoms with Gasteiger partial charge in [0.15, 0.2) is 0 Å². The van der Waals surface area contributed by atoms with Crippen molar-refractivity contribution in [2.75, 3.05) is 18.5 Å². The van der Waals surface area contributed by atoms with Gasteiger partial charge in [-0.2, -0.15) is 0 Å². The molecule has 1 unspecified atom stereocenters. The van der Waals surface area contributed by atoms with Crippen LogP contribution in [0.3, 0.4) is 0 Å². The average molecular weight is 387 g/mol. The van der Waals surface area contributed by atoms with Crippen LogP contribution < -0.4 is 10.6 Å². The van der Waals surface area contributed by atoms with E-state index in [0.717, 1.165) is 30.4 Å². The Labute approximate surface area is 164 Å². The molecule has 3 rings (SSSR count). The molecule has 144 valence electrons. The van der Waals surface area contributed by atoms with Gasteiger partial charge in [0.05, 0.1) is 18.7 Å². The van der Waals surface area contributed by atoms with E-state index in [1.807, 2.05) is 30.3 Å². The van der Waals surface area contributed by atoms with Crippen molar-refractivity contribution in [2.45, 2.75) is 39.7 Å². The predicted octanol–water partition coefficient (Wildman–Crippen LogP) is 3.78. The highest BCUT2D eigenvalue weighted by atomic mass is 32.1. The second kappa shape index (κ2) is 9.15. The number of esters is 1. The number of thiophene rings is 1. The number of benzene rings is 1. The fourth-order valence-electron chi connectivity index (χ4n) is 3.35. The molecule has 0 saturated carbocycles. The maximum Gasteiger partial charge on any atom is 0.341 e. The Morgan fingerprint density at radius 1 is 1.26 bits per heavy atom. The van der Waals surface area contributed by atoms with Crippen molar-refractivity contribution in [3.05, 3.63) is 51.9 Å². The highest BCUT2D eigenvalue weighted by Crippen LogP contribution is 2.40. The van der Waals surface area contributed by atoms with Crippen LogP contribution in [-0.2, 0) is 28.9 Å². The third-order valence-corrected chi connectivity index (χ3v) is 5.87. The van der Waals surface area contributed by atoms with Gasteiger partial charge in [0.2, 0.25) is 5.91 Å². The standard InChI is InChI=1S/C21H26N2O3S/c1-3-26-21(25)19-16-10-9-14(2)11-17(16)27-20(19)23-18(24)13-22-12-15-7-5-4-6-8-15/h4-8,14,22H,3,9-13H2,1-2H3,(H,23,24). The number of hydrogen-bond donors (Lipinski definition) is 2. The summed E-state index contributed by atoms with van der Waals surface area (Å²) in [7, 11) is 0. The molecule has 1 aromatic heterocycles. The average Bonchev–Trinajstić information content (AvgIpc) is 2.99. The van der Waals surface area contributed by atoms with E-state index >= 15 is 0 Å². The molecular formula is C21H26N2O3S. The Hall–Kier alpha value is -2.18. The van der Waals surface area contributed by atoms with Crippen molar-refractivity contribution in [3.63, 3.8) is 0 Å². The SMILES string of the molecule is CCOC(=O)c1c(NC(=O)CNCc2ccccc2)sc2c1CCC(C)C2. The molecule has 27 heavy (non-hydrogen) atoms. The first-order valence-electron chi connectivity index (χ1n) is 9.44. The fourth-order valence-corrected chi connectivity index (χ4v) is 4.76. The van der Waals surface area contributed by atoms with Gasteiger partial charge in [-0.15, -0.1) is 11.3 Å². The number of rotatable bonds is 7. The van der Waals surface area contributed by atoms with Crippen LogP contribution >= 0.6 is 11.3 Å². The van der Waals surface area contributed by atoms with Crippen LogP contribution in [0.25, 0.3) is 0 Å². The lowest BCUT2D eigenvalue weighted by molar-refractivity contribution is -0.115. The number of carbonyl (C=O) groups excluding carboxylic acids is 2. The molecule has 1 atom stereocenters. The molecular weight excluding hydrogens is 360 g/mol. The van der Waals surface area contributed by atoms with Crippen molar-refractivity contribution < 1.29 is 14.3 Å². The fraction of sp³-hybridized carbons (Fsp3) is 0.429. The lowest BCUT2D eigenvalue weighted by atomic mass is 9.88. The summed E-state index contributed by atoms with van der Waals surface area (Å²) in [5, 5.41) is 6.69. The summed E-state index contributed by atoms with van der Waals surface area (Å²) in [5.74, 6) is 0.113. The second-order valence-electron chi connectivity index (χ2n) is 6.91. The van der Waals surface area contributed by atoms with Crippen LogP contribution in [0, 0.1) is 5.92 Å². The highest BCUT2D eigenvalue weighted by Gasteiger charge is 2.29. The van der Waals surface area contributed by atoms with Crippen LogP contribution in [0.5, 0.6) is 0 Å². The number of hydrogen-bond acceptors (Lipinski definition) is 5. The first kappa shape index (κ1) is 19.6. The Morgan fingerprint density at radius 2 is 2.04 bits per heavy atom. The molecule has 1 aliphatic rings. The third-order valence-electron chi connectivity index (χ3n) is 4.70. The van der Waals surface area contributed by atoms with Gasteiger partial charge in [-0.3, -0.25) is 4.79 Å². The summed E-state index contributed by atoms with van der Waals surface area (Å²) in [6.07, 6.45) is 2.87. The van der Waals surface area contributed by atoms with Crippen LogP contribution in [0.4, 0.5) is 5.00 Å². The maximum absolute atomic E-state index is 12.5. The van der Waals surface area contributed by atoms with Crippen molar-refractivity contribution in [1.29, 1.82) is 0 Å². The number of carbonyl (C=O) groups is 2. The van der Waals surface area contributed by atoms with Gasteiger partial charge in [-0.25, -0.2) is 4.79 Å². The van der Waals surface area contributed by atoms with Gasteiger partial charge in [0.25, 0.3) is 0 Å². The molecule has 0 aliphatic heterocycles. The van der Waals surface area contributed by atoms with E-state index in [1.54, 1.807) is 6.92 Å². The van der Waals surface area contributed by atoms with Gasteiger partial charge in [0.1, 0.15) is 5.00 Å². The van der Waals surface area contributed by atoms with Gasteiger partial charge < -0.3 is 15.4 Å². The van der Waals surface area contributed by atoms with Crippen molar-refractivity contribution in [1.82, 2.24) is 5.32 Å². The Bertz CT molecular complexity index is 801. The van der Waals surface area contributed by atoms with E-state index in [4.69, 9.17) is 4.74 Å². The first-order valence-corrected chi connectivity index (χ1v) is 10.3. The van der Waals surface area contributed by atoms with E-state index in [0.29, 0.717) is 29.6 Å². The normalized spacial score (nSPS) is 15.9. The van der Waals surface area contributed by atoms with E-state index in [9.17, 15) is 9.59 Å². The van der Waals surface area contributed by atoms with Crippen molar-refractivity contribution in [2.24, 2.45) is 5.92 Å². The van der Waals surface area contributed by atoms with E-state index < -0.39 is 0 Å². The quantitative estimate of drug-likeness (QED) is 0.711. The zero-order valence-corrected chi connectivity index (χ0v) is 16.7. The molecule has 2 N–H and O–H groups in total. The molecule has 1 aromatic carbocycles. The summed E-state index contributed by atoms with van der Waals surface area (Å²) in [6.45, 7) is 5.16. The van der Waals surface area contributed by atoms with Gasteiger partial charge in [0, 0.05) is 11.4 Å². The Balaban J connectivity index is 1.67. The molecule has 1 aliphatic carbocycles. The molecule has 5 nitrogen and oxygen atoms in total. The minimum Gasteiger partial charge on any atom is -0.462 e. The van der Waals surface area contributed by atoms with Crippen LogP contribution in [-0.4, -0.2) is 25.0 Å². The van der Waals surface area contributed by atoms with Crippen molar-refractivity contribution >= 4 is 28.2 Å². The molecule has 0 spiro atoms. The minimum atomic E-state index is -0.336.